The third-order valence-electron chi connectivity index (χ3n) is 8.54. The van der Waals surface area contributed by atoms with E-state index in [0.29, 0.717) is 45.8 Å². The predicted molar refractivity (Wildman–Crippen MR) is 168 cm³/mol. The maximum absolute atomic E-state index is 6.80. The fourth-order valence-corrected chi connectivity index (χ4v) is 17.8. The van der Waals surface area contributed by atoms with Gasteiger partial charge in [0.25, 0.3) is 0 Å². The molecule has 0 aliphatic carbocycles. The molecule has 0 amide bonds. The van der Waals surface area contributed by atoms with Crippen molar-refractivity contribution in [2.24, 2.45) is 5.92 Å². The second kappa shape index (κ2) is 16.4. The van der Waals surface area contributed by atoms with E-state index in [2.05, 4.69) is 128 Å². The van der Waals surface area contributed by atoms with Crippen molar-refractivity contribution in [3.8, 4) is 11.8 Å². The van der Waals surface area contributed by atoms with Crippen LogP contribution in [-0.4, -0.2) is 29.8 Å². The van der Waals surface area contributed by atoms with Crippen molar-refractivity contribution >= 4 is 16.6 Å². The van der Waals surface area contributed by atoms with Crippen molar-refractivity contribution in [3.05, 3.63) is 23.3 Å². The molecule has 210 valence electrons. The van der Waals surface area contributed by atoms with E-state index < -0.39 is 16.6 Å². The summed E-state index contributed by atoms with van der Waals surface area (Å²) in [7, 11) is -3.63. The summed E-state index contributed by atoms with van der Waals surface area (Å²) in [6.45, 7) is 36.4. The van der Waals surface area contributed by atoms with Gasteiger partial charge in [0, 0.05) is 13.0 Å². The molecule has 4 heteroatoms. The Morgan fingerprint density at radius 1 is 0.694 bits per heavy atom. The first-order chi connectivity index (χ1) is 16.6. The Balaban J connectivity index is 5.08. The lowest BCUT2D eigenvalue weighted by Crippen LogP contribution is -2.48. The first-order valence-corrected chi connectivity index (χ1v) is 19.0. The minimum atomic E-state index is -1.83. The number of hydrogen-bond acceptors (Lipinski definition) is 2. The van der Waals surface area contributed by atoms with E-state index in [9.17, 15) is 0 Å². The van der Waals surface area contributed by atoms with Crippen LogP contribution < -0.4 is 0 Å². The molecule has 0 heterocycles. The van der Waals surface area contributed by atoms with Gasteiger partial charge in [-0.1, -0.05) is 113 Å². The van der Waals surface area contributed by atoms with Crippen molar-refractivity contribution < 1.29 is 8.85 Å². The highest BCUT2D eigenvalue weighted by Crippen LogP contribution is 2.43. The van der Waals surface area contributed by atoms with Crippen molar-refractivity contribution in [2.45, 2.75) is 150 Å². The van der Waals surface area contributed by atoms with Gasteiger partial charge >= 0.3 is 0 Å². The highest BCUT2D eigenvalue weighted by atomic mass is 28.4. The van der Waals surface area contributed by atoms with E-state index in [1.807, 2.05) is 0 Å². The molecular formula is C32H62O2Si2. The first-order valence-electron chi connectivity index (χ1n) is 14.7. The molecule has 0 fully saturated rings. The van der Waals surface area contributed by atoms with Gasteiger partial charge < -0.3 is 8.85 Å². The lowest BCUT2D eigenvalue weighted by atomic mass is 9.95. The summed E-state index contributed by atoms with van der Waals surface area (Å²) in [6, 6.07) is 0. The topological polar surface area (TPSA) is 18.5 Å². The molecular weight excluding hydrogens is 473 g/mol. The van der Waals surface area contributed by atoms with Crippen LogP contribution in [0.1, 0.15) is 117 Å². The summed E-state index contributed by atoms with van der Waals surface area (Å²) >= 11 is 0. The van der Waals surface area contributed by atoms with Crippen LogP contribution in [0.4, 0.5) is 0 Å². The van der Waals surface area contributed by atoms with Gasteiger partial charge in [-0.3, -0.25) is 0 Å². The summed E-state index contributed by atoms with van der Waals surface area (Å²) in [5.41, 5.74) is 6.40. The first kappa shape index (κ1) is 35.4. The van der Waals surface area contributed by atoms with Crippen LogP contribution in [0.5, 0.6) is 0 Å². The van der Waals surface area contributed by atoms with Crippen molar-refractivity contribution in [3.63, 3.8) is 0 Å². The number of allylic oxidation sites excluding steroid dienone is 2. The SMILES string of the molecule is C/C=C(\CCO[Si](C(C)C)(C(C)C)C(C)C)C(C)CC#C/C=C(\C)CO[Si](C(C)C)(C(C)C)C(C)C. The minimum absolute atomic E-state index is 0.451. The molecule has 0 bridgehead atoms. The second-order valence-corrected chi connectivity index (χ2v) is 23.7. The average Bonchev–Trinajstić information content (AvgIpc) is 2.75. The third-order valence-corrected chi connectivity index (χ3v) is 20.7. The van der Waals surface area contributed by atoms with E-state index >= 15 is 0 Å². The average molecular weight is 535 g/mol. The molecule has 2 nitrogen and oxygen atoms in total. The van der Waals surface area contributed by atoms with Crippen LogP contribution >= 0.6 is 0 Å². The van der Waals surface area contributed by atoms with Gasteiger partial charge in [-0.25, -0.2) is 0 Å². The zero-order valence-electron chi connectivity index (χ0n) is 26.8. The Morgan fingerprint density at radius 3 is 1.50 bits per heavy atom. The molecule has 0 saturated heterocycles. The normalized spacial score (nSPS) is 15.0. The summed E-state index contributed by atoms with van der Waals surface area (Å²) in [4.78, 5) is 0. The molecule has 0 radical (unpaired) electrons. The largest absolute Gasteiger partial charge is 0.416 e. The van der Waals surface area contributed by atoms with E-state index in [0.717, 1.165) is 19.4 Å². The lowest BCUT2D eigenvalue weighted by Gasteiger charge is -2.42. The maximum atomic E-state index is 6.80. The van der Waals surface area contributed by atoms with Crippen LogP contribution in [0.3, 0.4) is 0 Å². The molecule has 1 atom stereocenters. The number of rotatable bonds is 15. The Hall–Kier alpha value is -0.606. The highest BCUT2D eigenvalue weighted by Gasteiger charge is 2.45. The Labute approximate surface area is 229 Å². The summed E-state index contributed by atoms with van der Waals surface area (Å²) in [5.74, 6) is 7.18. The molecule has 0 spiro atoms. The van der Waals surface area contributed by atoms with Gasteiger partial charge in [-0.05, 0) is 71.1 Å². The number of hydrogen-bond donors (Lipinski definition) is 0. The maximum Gasteiger partial charge on any atom is 0.200 e. The molecule has 0 aromatic carbocycles. The lowest BCUT2D eigenvalue weighted by molar-refractivity contribution is 0.277. The van der Waals surface area contributed by atoms with Crippen LogP contribution in [-0.2, 0) is 8.85 Å². The van der Waals surface area contributed by atoms with Crippen LogP contribution in [0.25, 0.3) is 0 Å². The zero-order valence-corrected chi connectivity index (χ0v) is 28.8. The Kier molecular flexibility index (Phi) is 16.1. The van der Waals surface area contributed by atoms with Gasteiger partial charge in [-0.15, -0.1) is 0 Å². The summed E-state index contributed by atoms with van der Waals surface area (Å²) in [5, 5.41) is 0. The zero-order chi connectivity index (χ0) is 28.3. The molecule has 0 saturated carbocycles. The molecule has 0 aromatic heterocycles. The fourth-order valence-electron chi connectivity index (χ4n) is 6.82. The highest BCUT2D eigenvalue weighted by molar-refractivity contribution is 6.78. The van der Waals surface area contributed by atoms with Gasteiger partial charge in [0.15, 0.2) is 8.32 Å². The quantitative estimate of drug-likeness (QED) is 0.118. The van der Waals surface area contributed by atoms with Crippen LogP contribution in [0.15, 0.2) is 23.3 Å². The van der Waals surface area contributed by atoms with Gasteiger partial charge in [0.2, 0.25) is 8.32 Å². The predicted octanol–water partition coefficient (Wildman–Crippen LogP) is 10.7. The molecule has 0 aliphatic rings. The summed E-state index contributed by atoms with van der Waals surface area (Å²) < 4.78 is 13.5. The van der Waals surface area contributed by atoms with Crippen LogP contribution in [0.2, 0.25) is 33.2 Å². The smallest absolute Gasteiger partial charge is 0.200 e. The van der Waals surface area contributed by atoms with E-state index in [-0.39, 0.29) is 0 Å². The van der Waals surface area contributed by atoms with Crippen molar-refractivity contribution in [2.75, 3.05) is 13.2 Å². The van der Waals surface area contributed by atoms with Crippen molar-refractivity contribution in [1.29, 1.82) is 0 Å². The molecule has 0 rings (SSSR count). The third kappa shape index (κ3) is 9.30. The van der Waals surface area contributed by atoms with Gasteiger partial charge in [0.1, 0.15) is 0 Å². The Morgan fingerprint density at radius 2 is 1.11 bits per heavy atom. The monoisotopic (exact) mass is 534 g/mol. The fraction of sp³-hybridized carbons (Fsp3) is 0.812. The Bertz CT molecular complexity index is 704. The van der Waals surface area contributed by atoms with Gasteiger partial charge in [0.05, 0.1) is 6.61 Å². The minimum Gasteiger partial charge on any atom is -0.416 e. The van der Waals surface area contributed by atoms with E-state index in [4.69, 9.17) is 8.85 Å². The second-order valence-electron chi connectivity index (χ2n) is 12.8. The van der Waals surface area contributed by atoms with Gasteiger partial charge in [-0.2, -0.15) is 0 Å². The molecule has 0 aromatic rings. The van der Waals surface area contributed by atoms with Crippen molar-refractivity contribution in [1.82, 2.24) is 0 Å². The molecule has 36 heavy (non-hydrogen) atoms. The molecule has 0 N–H and O–H groups in total. The van der Waals surface area contributed by atoms with E-state index in [1.54, 1.807) is 0 Å². The standard InChI is InChI=1S/C32H62O2Si2/c1-16-32(21-22-33-35(24(2)3,25(4)5)26(6)7)31(15)20-18-17-19-30(14)23-34-36(27(8)9,28(10)11)29(12)13/h16,19,24-29,31H,20-23H2,1-15H3/b30-19+,32-16+. The summed E-state index contributed by atoms with van der Waals surface area (Å²) in [6.07, 6.45) is 6.24. The van der Waals surface area contributed by atoms with Crippen LogP contribution in [0, 0.1) is 17.8 Å². The molecule has 1 unspecified atom stereocenters. The molecule has 0 aliphatic heterocycles. The van der Waals surface area contributed by atoms with E-state index in [1.165, 1.54) is 11.1 Å².